The van der Waals surface area contributed by atoms with E-state index in [1.54, 1.807) is 0 Å². The van der Waals surface area contributed by atoms with E-state index in [1.165, 1.54) is 24.8 Å². The Bertz CT molecular complexity index is 583. The topological polar surface area (TPSA) is 17.1 Å². The first kappa shape index (κ1) is 16.5. The van der Waals surface area contributed by atoms with Crippen molar-refractivity contribution in [3.8, 4) is 0 Å². The first-order valence-electron chi connectivity index (χ1n) is 9.83. The number of Topliss-reactive ketones (excluding diaryl/α,β-unsaturated/α-hetero) is 1. The van der Waals surface area contributed by atoms with Crippen molar-refractivity contribution in [2.24, 2.45) is 40.4 Å². The minimum atomic E-state index is -0.718. The predicted molar refractivity (Wildman–Crippen MR) is 95.2 cm³/mol. The Morgan fingerprint density at radius 3 is 2.54 bits per heavy atom. The Hall–Kier alpha value is -0.920. The van der Waals surface area contributed by atoms with Crippen molar-refractivity contribution >= 4 is 5.78 Å². The summed E-state index contributed by atoms with van der Waals surface area (Å²) < 4.78 is 15.2. The third-order valence-corrected chi connectivity index (χ3v) is 8.85. The van der Waals surface area contributed by atoms with Crippen LogP contribution in [0.15, 0.2) is 25.3 Å². The molecule has 0 radical (unpaired) electrons. The van der Waals surface area contributed by atoms with E-state index in [-0.39, 0.29) is 16.7 Å². The number of hydrogen-bond acceptors (Lipinski definition) is 1. The molecule has 0 aliphatic heterocycles. The van der Waals surface area contributed by atoms with E-state index >= 15 is 4.39 Å². The highest BCUT2D eigenvalue weighted by Crippen LogP contribution is 2.74. The molecule has 1 nitrogen and oxygen atoms in total. The van der Waals surface area contributed by atoms with Gasteiger partial charge in [0.25, 0.3) is 0 Å². The number of alkyl halides is 1. The molecule has 132 valence electrons. The summed E-state index contributed by atoms with van der Waals surface area (Å²) in [6.45, 7) is 12.7. The average molecular weight is 330 g/mol. The highest BCUT2D eigenvalue weighted by molar-refractivity contribution is 5.86. The van der Waals surface area contributed by atoms with E-state index in [4.69, 9.17) is 0 Å². The number of halogens is 1. The van der Waals surface area contributed by atoms with Crippen molar-refractivity contribution in [2.75, 3.05) is 0 Å². The molecule has 0 saturated heterocycles. The highest BCUT2D eigenvalue weighted by Gasteiger charge is 2.73. The van der Waals surface area contributed by atoms with Crippen LogP contribution in [0.4, 0.5) is 4.39 Å². The van der Waals surface area contributed by atoms with Crippen molar-refractivity contribution in [3.05, 3.63) is 25.3 Å². The molecule has 1 spiro atoms. The standard InChI is InChI=1S/C20H27FO.C2H4/c1-11-3-4-14-13-9-18(21)20-10-16(20)17(22)6-5-15(20)12(13)7-8-19(11,14)2;1-2/h12-16,18H,1,3-10H2,2H3;1-2H2/t12?,13?,14?,15?,16?,18-,19?,20-;/m0./s1. The summed E-state index contributed by atoms with van der Waals surface area (Å²) >= 11 is 0. The summed E-state index contributed by atoms with van der Waals surface area (Å²) in [4.78, 5) is 12.1. The van der Waals surface area contributed by atoms with Crippen molar-refractivity contribution in [3.63, 3.8) is 0 Å². The van der Waals surface area contributed by atoms with Gasteiger partial charge in [-0.15, -0.1) is 13.2 Å². The fourth-order valence-electron chi connectivity index (χ4n) is 7.57. The van der Waals surface area contributed by atoms with E-state index in [9.17, 15) is 4.79 Å². The Balaban J connectivity index is 0.000000704. The maximum absolute atomic E-state index is 15.2. The number of carbonyl (C=O) groups excluding carboxylic acids is 1. The van der Waals surface area contributed by atoms with Crippen molar-refractivity contribution in [1.82, 2.24) is 0 Å². The lowest BCUT2D eigenvalue weighted by Crippen LogP contribution is -2.52. The SMILES string of the molecule is C=C.C=C1CCC2C3C[C@H](F)[C@]45CC4C(=O)CCC5C3CCC12C. The molecule has 8 atom stereocenters. The summed E-state index contributed by atoms with van der Waals surface area (Å²) in [5.74, 6) is 2.86. The molecule has 0 bridgehead atoms. The fourth-order valence-corrected chi connectivity index (χ4v) is 7.57. The lowest BCUT2D eigenvalue weighted by atomic mass is 9.49. The van der Waals surface area contributed by atoms with Crippen LogP contribution in [0.1, 0.15) is 58.3 Å². The average Bonchev–Trinajstić information content (AvgIpc) is 3.27. The molecule has 5 aliphatic rings. The monoisotopic (exact) mass is 330 g/mol. The maximum Gasteiger partial charge on any atom is 0.136 e. The van der Waals surface area contributed by atoms with E-state index in [0.717, 1.165) is 32.1 Å². The molecule has 0 aromatic rings. The molecule has 5 saturated carbocycles. The van der Waals surface area contributed by atoms with E-state index < -0.39 is 6.17 Å². The molecule has 5 aliphatic carbocycles. The second kappa shape index (κ2) is 5.29. The number of carbonyl (C=O) groups is 1. The number of allylic oxidation sites excluding steroid dienone is 1. The third kappa shape index (κ3) is 1.83. The van der Waals surface area contributed by atoms with Crippen LogP contribution in [-0.4, -0.2) is 12.0 Å². The molecule has 0 heterocycles. The number of ketones is 1. The zero-order chi connectivity index (χ0) is 17.3. The molecular weight excluding hydrogens is 299 g/mol. The van der Waals surface area contributed by atoms with Gasteiger partial charge in [-0.05, 0) is 74.0 Å². The van der Waals surface area contributed by atoms with E-state index in [2.05, 4.69) is 26.7 Å². The Kier molecular flexibility index (Phi) is 3.64. The van der Waals surface area contributed by atoms with Gasteiger partial charge in [-0.3, -0.25) is 4.79 Å². The van der Waals surface area contributed by atoms with Gasteiger partial charge in [0, 0.05) is 17.8 Å². The zero-order valence-corrected chi connectivity index (χ0v) is 15.0. The smallest absolute Gasteiger partial charge is 0.136 e. The van der Waals surface area contributed by atoms with Gasteiger partial charge in [0.2, 0.25) is 0 Å². The Morgan fingerprint density at radius 2 is 1.79 bits per heavy atom. The summed E-state index contributed by atoms with van der Waals surface area (Å²) in [5, 5.41) is 0. The summed E-state index contributed by atoms with van der Waals surface area (Å²) in [6.07, 6.45) is 7.46. The van der Waals surface area contributed by atoms with Gasteiger partial charge >= 0.3 is 0 Å². The van der Waals surface area contributed by atoms with Gasteiger partial charge in [0.05, 0.1) is 0 Å². The lowest BCUT2D eigenvalue weighted by molar-refractivity contribution is -0.132. The Labute approximate surface area is 145 Å². The number of hydrogen-bond donors (Lipinski definition) is 0. The normalized spacial score (nSPS) is 54.6. The number of rotatable bonds is 0. The first-order valence-corrected chi connectivity index (χ1v) is 9.83. The van der Waals surface area contributed by atoms with Crippen molar-refractivity contribution < 1.29 is 9.18 Å². The molecule has 5 fully saturated rings. The largest absolute Gasteiger partial charge is 0.299 e. The summed E-state index contributed by atoms with van der Waals surface area (Å²) in [7, 11) is 0. The van der Waals surface area contributed by atoms with Gasteiger partial charge in [0.1, 0.15) is 12.0 Å². The molecule has 0 aromatic carbocycles. The van der Waals surface area contributed by atoms with Crippen molar-refractivity contribution in [1.29, 1.82) is 0 Å². The summed E-state index contributed by atoms with van der Waals surface area (Å²) in [6, 6.07) is 0. The molecule has 6 unspecified atom stereocenters. The minimum absolute atomic E-state index is 0.0917. The molecular formula is C22H31FO. The van der Waals surface area contributed by atoms with Gasteiger partial charge in [0.15, 0.2) is 0 Å². The van der Waals surface area contributed by atoms with Crippen LogP contribution in [0, 0.1) is 40.4 Å². The van der Waals surface area contributed by atoms with Crippen LogP contribution in [0.25, 0.3) is 0 Å². The molecule has 0 N–H and O–H groups in total. The molecule has 2 heteroatoms. The van der Waals surface area contributed by atoms with Gasteiger partial charge in [-0.1, -0.05) is 19.1 Å². The van der Waals surface area contributed by atoms with Gasteiger partial charge in [-0.25, -0.2) is 4.39 Å². The fraction of sp³-hybridized carbons (Fsp3) is 0.773. The van der Waals surface area contributed by atoms with Crippen LogP contribution < -0.4 is 0 Å². The maximum atomic E-state index is 15.2. The van der Waals surface area contributed by atoms with Gasteiger partial charge < -0.3 is 0 Å². The molecule has 0 aromatic heterocycles. The highest BCUT2D eigenvalue weighted by atomic mass is 19.1. The molecule has 5 rings (SSSR count). The second-order valence-corrected chi connectivity index (χ2v) is 9.22. The summed E-state index contributed by atoms with van der Waals surface area (Å²) in [5.41, 5.74) is 1.49. The van der Waals surface area contributed by atoms with Crippen LogP contribution in [-0.2, 0) is 4.79 Å². The van der Waals surface area contributed by atoms with Crippen LogP contribution in [0.5, 0.6) is 0 Å². The second-order valence-electron chi connectivity index (χ2n) is 9.22. The zero-order valence-electron chi connectivity index (χ0n) is 15.0. The quantitative estimate of drug-likeness (QED) is 0.535. The molecule has 0 amide bonds. The minimum Gasteiger partial charge on any atom is -0.299 e. The van der Waals surface area contributed by atoms with Crippen LogP contribution >= 0.6 is 0 Å². The Morgan fingerprint density at radius 1 is 1.08 bits per heavy atom. The van der Waals surface area contributed by atoms with Crippen LogP contribution in [0.3, 0.4) is 0 Å². The van der Waals surface area contributed by atoms with Gasteiger partial charge in [-0.2, -0.15) is 0 Å². The van der Waals surface area contributed by atoms with Crippen molar-refractivity contribution in [2.45, 2.75) is 64.5 Å². The third-order valence-electron chi connectivity index (χ3n) is 8.85. The van der Waals surface area contributed by atoms with E-state index in [1.807, 2.05) is 0 Å². The first-order chi connectivity index (χ1) is 11.5. The number of fused-ring (bicyclic) bond motifs is 4. The predicted octanol–water partition coefficient (Wildman–Crippen LogP) is 5.51. The van der Waals surface area contributed by atoms with E-state index in [0.29, 0.717) is 29.5 Å². The lowest BCUT2D eigenvalue weighted by Gasteiger charge is -2.56. The van der Waals surface area contributed by atoms with Crippen LogP contribution in [0.2, 0.25) is 0 Å². The molecule has 24 heavy (non-hydrogen) atoms.